The first kappa shape index (κ1) is 16.0. The Bertz CT molecular complexity index is 500. The number of carbonyl (C=O) groups excluding carboxylic acids is 2. The zero-order valence-corrected chi connectivity index (χ0v) is 11.6. The fourth-order valence-electron chi connectivity index (χ4n) is 1.29. The van der Waals surface area contributed by atoms with E-state index in [0.717, 1.165) is 6.08 Å². The minimum absolute atomic E-state index is 0.00706. The lowest BCUT2D eigenvalue weighted by Gasteiger charge is -2.11. The largest absolute Gasteiger partial charge is 0.466 e. The molecule has 0 saturated carbocycles. The van der Waals surface area contributed by atoms with Crippen LogP contribution in [0, 0.1) is 0 Å². The monoisotopic (exact) mass is 298 g/mol. The van der Waals surface area contributed by atoms with Gasteiger partial charge in [-0.05, 0) is 24.3 Å². The van der Waals surface area contributed by atoms with Gasteiger partial charge >= 0.3 is 5.97 Å². The Kier molecular flexibility index (Phi) is 6.55. The van der Waals surface area contributed by atoms with Crippen LogP contribution in [0.2, 0.25) is 5.02 Å². The lowest BCUT2D eigenvalue weighted by Crippen LogP contribution is -2.31. The standard InChI is InChI=1S/C13H15ClN2O4/c1-20-12(18)8-11(13(19)15-6-7-17)16-10-4-2-9(14)3-5-10/h2-5,8,16-17H,6-7H2,1H3,(H,15,19)/b11-8-. The van der Waals surface area contributed by atoms with Gasteiger partial charge in [-0.2, -0.15) is 0 Å². The first-order valence-corrected chi connectivity index (χ1v) is 6.16. The minimum Gasteiger partial charge on any atom is -0.466 e. The molecule has 0 radical (unpaired) electrons. The topological polar surface area (TPSA) is 87.7 Å². The average molecular weight is 299 g/mol. The molecule has 1 amide bonds. The number of anilines is 1. The van der Waals surface area contributed by atoms with Crippen LogP contribution in [0.1, 0.15) is 0 Å². The van der Waals surface area contributed by atoms with Gasteiger partial charge in [0.2, 0.25) is 0 Å². The van der Waals surface area contributed by atoms with Gasteiger partial charge in [-0.15, -0.1) is 0 Å². The predicted molar refractivity (Wildman–Crippen MR) is 75.3 cm³/mol. The van der Waals surface area contributed by atoms with Crippen LogP contribution in [0.4, 0.5) is 5.69 Å². The van der Waals surface area contributed by atoms with Crippen LogP contribution >= 0.6 is 11.6 Å². The first-order chi connectivity index (χ1) is 9.56. The summed E-state index contributed by atoms with van der Waals surface area (Å²) in [6.45, 7) is -0.113. The van der Waals surface area contributed by atoms with E-state index in [1.54, 1.807) is 24.3 Å². The quantitative estimate of drug-likeness (QED) is 0.537. The Morgan fingerprint density at radius 1 is 1.35 bits per heavy atom. The SMILES string of the molecule is COC(=O)/C=C(\Nc1ccc(Cl)cc1)C(=O)NCCO. The number of halogens is 1. The molecule has 0 atom stereocenters. The molecule has 0 unspecified atom stereocenters. The summed E-state index contributed by atoms with van der Waals surface area (Å²) in [5.41, 5.74) is 0.594. The summed E-state index contributed by atoms with van der Waals surface area (Å²) in [7, 11) is 1.21. The van der Waals surface area contributed by atoms with E-state index in [1.807, 2.05) is 0 Å². The van der Waals surface area contributed by atoms with E-state index in [4.69, 9.17) is 16.7 Å². The number of aliphatic hydroxyl groups excluding tert-OH is 1. The van der Waals surface area contributed by atoms with Crippen LogP contribution in [-0.2, 0) is 14.3 Å². The second kappa shape index (κ2) is 8.19. The molecular weight excluding hydrogens is 284 g/mol. The highest BCUT2D eigenvalue weighted by Crippen LogP contribution is 2.15. The van der Waals surface area contributed by atoms with E-state index in [-0.39, 0.29) is 18.8 Å². The molecule has 0 aliphatic carbocycles. The molecule has 0 aromatic heterocycles. The van der Waals surface area contributed by atoms with Crippen molar-refractivity contribution >= 4 is 29.2 Å². The number of hydrogen-bond donors (Lipinski definition) is 3. The van der Waals surface area contributed by atoms with Gasteiger partial charge in [0, 0.05) is 17.3 Å². The minimum atomic E-state index is -0.666. The molecule has 0 spiro atoms. The van der Waals surface area contributed by atoms with Crippen LogP contribution in [0.3, 0.4) is 0 Å². The molecule has 1 aromatic rings. The molecule has 0 bridgehead atoms. The van der Waals surface area contributed by atoms with Gasteiger partial charge in [0.05, 0.1) is 19.8 Å². The van der Waals surface area contributed by atoms with Gasteiger partial charge in [0.25, 0.3) is 5.91 Å². The van der Waals surface area contributed by atoms with Crippen molar-refractivity contribution in [2.75, 3.05) is 25.6 Å². The molecule has 1 aromatic carbocycles. The van der Waals surface area contributed by atoms with Crippen molar-refractivity contribution in [3.05, 3.63) is 41.1 Å². The van der Waals surface area contributed by atoms with Gasteiger partial charge in [-0.25, -0.2) is 4.79 Å². The van der Waals surface area contributed by atoms with Crippen molar-refractivity contribution in [3.8, 4) is 0 Å². The normalized spacial score (nSPS) is 10.8. The second-order valence-corrected chi connectivity index (χ2v) is 4.13. The van der Waals surface area contributed by atoms with Crippen LogP contribution < -0.4 is 10.6 Å². The third kappa shape index (κ3) is 5.29. The van der Waals surface area contributed by atoms with Crippen LogP contribution in [-0.4, -0.2) is 37.2 Å². The lowest BCUT2D eigenvalue weighted by atomic mass is 10.3. The Morgan fingerprint density at radius 2 is 2.00 bits per heavy atom. The molecule has 6 nitrogen and oxygen atoms in total. The maximum atomic E-state index is 11.8. The van der Waals surface area contributed by atoms with E-state index in [1.165, 1.54) is 7.11 Å². The fourth-order valence-corrected chi connectivity index (χ4v) is 1.41. The molecule has 1 rings (SSSR count). The van der Waals surface area contributed by atoms with Crippen LogP contribution in [0.5, 0.6) is 0 Å². The molecule has 0 aliphatic heterocycles. The van der Waals surface area contributed by atoms with Crippen LogP contribution in [0.15, 0.2) is 36.0 Å². The van der Waals surface area contributed by atoms with Crippen molar-refractivity contribution in [2.45, 2.75) is 0 Å². The number of ether oxygens (including phenoxy) is 1. The number of carbonyl (C=O) groups is 2. The van der Waals surface area contributed by atoms with Crippen LogP contribution in [0.25, 0.3) is 0 Å². The summed E-state index contributed by atoms with van der Waals surface area (Å²) in [6, 6.07) is 6.61. The maximum absolute atomic E-state index is 11.8. The molecule has 0 saturated heterocycles. The van der Waals surface area contributed by atoms with Gasteiger partial charge in [0.1, 0.15) is 5.70 Å². The predicted octanol–water partition coefficient (Wildman–Crippen LogP) is 0.917. The smallest absolute Gasteiger partial charge is 0.332 e. The molecule has 0 fully saturated rings. The zero-order chi connectivity index (χ0) is 15.0. The third-order valence-electron chi connectivity index (χ3n) is 2.23. The van der Waals surface area contributed by atoms with Crippen molar-refractivity contribution in [3.63, 3.8) is 0 Å². The Labute approximate surface area is 121 Å². The summed E-state index contributed by atoms with van der Waals surface area (Å²) < 4.78 is 4.49. The summed E-state index contributed by atoms with van der Waals surface area (Å²) in [4.78, 5) is 23.1. The van der Waals surface area contributed by atoms with Crippen molar-refractivity contribution in [1.82, 2.24) is 5.32 Å². The number of aliphatic hydroxyl groups is 1. The molecule has 108 valence electrons. The lowest BCUT2D eigenvalue weighted by molar-refractivity contribution is -0.135. The second-order valence-electron chi connectivity index (χ2n) is 3.69. The van der Waals surface area contributed by atoms with E-state index < -0.39 is 11.9 Å². The van der Waals surface area contributed by atoms with Crippen molar-refractivity contribution in [2.24, 2.45) is 0 Å². The number of amides is 1. The zero-order valence-electron chi connectivity index (χ0n) is 10.9. The molecule has 0 heterocycles. The Morgan fingerprint density at radius 3 is 2.55 bits per heavy atom. The fraction of sp³-hybridized carbons (Fsp3) is 0.231. The van der Waals surface area contributed by atoms with E-state index >= 15 is 0 Å². The van der Waals surface area contributed by atoms with E-state index in [2.05, 4.69) is 15.4 Å². The van der Waals surface area contributed by atoms with E-state index in [9.17, 15) is 9.59 Å². The van der Waals surface area contributed by atoms with Crippen molar-refractivity contribution < 1.29 is 19.4 Å². The number of esters is 1. The summed E-state index contributed by atoms with van der Waals surface area (Å²) >= 11 is 5.76. The van der Waals surface area contributed by atoms with Gasteiger partial charge in [-0.3, -0.25) is 4.79 Å². The molecule has 3 N–H and O–H groups in total. The number of hydrogen-bond acceptors (Lipinski definition) is 5. The van der Waals surface area contributed by atoms with Gasteiger partial charge < -0.3 is 20.5 Å². The third-order valence-corrected chi connectivity index (χ3v) is 2.48. The molecule has 7 heteroatoms. The molecular formula is C13H15ClN2O4. The molecule has 0 aliphatic rings. The van der Waals surface area contributed by atoms with Crippen molar-refractivity contribution in [1.29, 1.82) is 0 Å². The molecule has 20 heavy (non-hydrogen) atoms. The van der Waals surface area contributed by atoms with E-state index in [0.29, 0.717) is 10.7 Å². The highest BCUT2D eigenvalue weighted by atomic mass is 35.5. The summed E-state index contributed by atoms with van der Waals surface area (Å²) in [5.74, 6) is -1.19. The highest BCUT2D eigenvalue weighted by molar-refractivity contribution is 6.30. The number of benzene rings is 1. The summed E-state index contributed by atoms with van der Waals surface area (Å²) in [5, 5.41) is 14.5. The number of rotatable bonds is 6. The first-order valence-electron chi connectivity index (χ1n) is 5.78. The van der Waals surface area contributed by atoms with Gasteiger partial charge in [0.15, 0.2) is 0 Å². The number of nitrogens with one attached hydrogen (secondary N) is 2. The number of methoxy groups -OCH3 is 1. The van der Waals surface area contributed by atoms with Gasteiger partial charge in [-0.1, -0.05) is 11.6 Å². The highest BCUT2D eigenvalue weighted by Gasteiger charge is 2.11. The average Bonchev–Trinajstić information content (AvgIpc) is 2.46. The summed E-state index contributed by atoms with van der Waals surface area (Å²) in [6.07, 6.45) is 1.03. The Balaban J connectivity index is 2.87. The maximum Gasteiger partial charge on any atom is 0.332 e. The Hall–Kier alpha value is -2.05.